The molecule has 49 heavy (non-hydrogen) atoms. The first-order valence-corrected chi connectivity index (χ1v) is 19.5. The lowest BCUT2D eigenvalue weighted by atomic mass is 10.1. The van der Waals surface area contributed by atoms with Crippen LogP contribution in [0.15, 0.2) is 146 Å². The lowest BCUT2D eigenvalue weighted by Crippen LogP contribution is -2.09. The summed E-state index contributed by atoms with van der Waals surface area (Å²) in [6, 6.07) is 53.4. The number of anilines is 3. The van der Waals surface area contributed by atoms with Gasteiger partial charge < -0.3 is 4.90 Å². The Bertz CT molecular complexity index is 3070. The number of rotatable bonds is 4. The molecule has 0 radical (unpaired) electrons. The predicted octanol–water partition coefficient (Wildman–Crippen LogP) is 14.5. The van der Waals surface area contributed by atoms with Gasteiger partial charge in [-0.1, -0.05) is 78.9 Å². The molecule has 4 heterocycles. The fraction of sp³-hybridized carbons (Fsp3) is 0. The van der Waals surface area contributed by atoms with Gasteiger partial charge >= 0.3 is 0 Å². The largest absolute Gasteiger partial charge is 0.310 e. The van der Waals surface area contributed by atoms with E-state index in [4.69, 9.17) is 4.98 Å². The van der Waals surface area contributed by atoms with E-state index in [-0.39, 0.29) is 0 Å². The van der Waals surface area contributed by atoms with Gasteiger partial charge in [-0.25, -0.2) is 4.98 Å². The maximum Gasteiger partial charge on any atom is 0.124 e. The van der Waals surface area contributed by atoms with Crippen LogP contribution >= 0.6 is 45.3 Å². The second-order valence-corrected chi connectivity index (χ2v) is 16.6. The van der Waals surface area contributed by atoms with Gasteiger partial charge in [0.15, 0.2) is 0 Å². The summed E-state index contributed by atoms with van der Waals surface area (Å²) < 4.78 is 9.10. The average molecular weight is 697 g/mol. The zero-order valence-electron chi connectivity index (χ0n) is 25.9. The Kier molecular flexibility index (Phi) is 6.07. The summed E-state index contributed by atoms with van der Waals surface area (Å²) in [7, 11) is 0. The van der Waals surface area contributed by atoms with E-state index < -0.39 is 0 Å². The minimum atomic E-state index is 1.06. The lowest BCUT2D eigenvalue weighted by molar-refractivity contribution is 1.30. The zero-order valence-corrected chi connectivity index (χ0v) is 29.1. The molecule has 0 spiro atoms. The van der Waals surface area contributed by atoms with E-state index in [1.807, 2.05) is 34.0 Å². The summed E-state index contributed by atoms with van der Waals surface area (Å²) in [5.41, 5.74) is 5.71. The molecule has 11 rings (SSSR count). The van der Waals surface area contributed by atoms with Crippen molar-refractivity contribution in [1.29, 1.82) is 0 Å². The monoisotopic (exact) mass is 696 g/mol. The van der Waals surface area contributed by atoms with E-state index in [1.165, 1.54) is 70.8 Å². The Balaban J connectivity index is 1.12. The molecule has 0 aliphatic heterocycles. The molecule has 11 aromatic rings. The van der Waals surface area contributed by atoms with Crippen molar-refractivity contribution in [3.05, 3.63) is 146 Å². The number of nitrogens with zero attached hydrogens (tertiary/aromatic N) is 2. The smallest absolute Gasteiger partial charge is 0.124 e. The van der Waals surface area contributed by atoms with E-state index in [0.29, 0.717) is 0 Å². The van der Waals surface area contributed by atoms with Crippen LogP contribution in [0.1, 0.15) is 0 Å². The Morgan fingerprint density at radius 1 is 0.388 bits per heavy atom. The number of benzene rings is 7. The molecule has 0 atom stereocenters. The van der Waals surface area contributed by atoms with Gasteiger partial charge in [0.1, 0.15) is 5.01 Å². The molecule has 0 N–H and O–H groups in total. The molecular formula is C43H24N2S4. The predicted molar refractivity (Wildman–Crippen MR) is 218 cm³/mol. The van der Waals surface area contributed by atoms with Crippen LogP contribution in [0, 0.1) is 0 Å². The van der Waals surface area contributed by atoms with Crippen LogP contribution < -0.4 is 4.90 Å². The summed E-state index contributed by atoms with van der Waals surface area (Å²) in [6.07, 6.45) is 0. The molecule has 7 aromatic carbocycles. The van der Waals surface area contributed by atoms with Crippen molar-refractivity contribution in [2.45, 2.75) is 0 Å². The molecule has 0 aliphatic rings. The highest BCUT2D eigenvalue weighted by molar-refractivity contribution is 7.28. The summed E-state index contributed by atoms with van der Waals surface area (Å²) in [4.78, 5) is 7.48. The van der Waals surface area contributed by atoms with Crippen LogP contribution in [0.3, 0.4) is 0 Å². The molecule has 0 unspecified atom stereocenters. The highest BCUT2D eigenvalue weighted by atomic mass is 32.1. The van der Waals surface area contributed by atoms with Crippen LogP contribution in [-0.4, -0.2) is 4.98 Å². The van der Waals surface area contributed by atoms with Crippen molar-refractivity contribution in [2.75, 3.05) is 4.90 Å². The van der Waals surface area contributed by atoms with Gasteiger partial charge in [0.05, 0.1) is 10.2 Å². The van der Waals surface area contributed by atoms with E-state index in [1.54, 1.807) is 11.3 Å². The summed E-state index contributed by atoms with van der Waals surface area (Å²) in [6.45, 7) is 0. The first kappa shape index (κ1) is 27.8. The maximum absolute atomic E-state index is 5.04. The highest BCUT2D eigenvalue weighted by Gasteiger charge is 2.19. The first-order valence-electron chi connectivity index (χ1n) is 16.2. The molecular weight excluding hydrogens is 673 g/mol. The Labute approximate surface area is 297 Å². The maximum atomic E-state index is 5.04. The van der Waals surface area contributed by atoms with E-state index in [0.717, 1.165) is 27.6 Å². The highest BCUT2D eigenvalue weighted by Crippen LogP contribution is 2.47. The number of aromatic nitrogens is 1. The molecule has 4 aromatic heterocycles. The molecule has 0 aliphatic carbocycles. The second-order valence-electron chi connectivity index (χ2n) is 12.3. The fourth-order valence-electron chi connectivity index (χ4n) is 7.23. The van der Waals surface area contributed by atoms with Crippen LogP contribution in [0.4, 0.5) is 17.1 Å². The topological polar surface area (TPSA) is 16.1 Å². The number of fused-ring (bicyclic) bond motifs is 11. The molecule has 2 nitrogen and oxygen atoms in total. The number of hydrogen-bond donors (Lipinski definition) is 0. The van der Waals surface area contributed by atoms with Crippen molar-refractivity contribution < 1.29 is 0 Å². The van der Waals surface area contributed by atoms with Crippen molar-refractivity contribution in [3.63, 3.8) is 0 Å². The minimum Gasteiger partial charge on any atom is -0.310 e. The number of thiazole rings is 1. The van der Waals surface area contributed by atoms with Gasteiger partial charge in [-0.2, -0.15) is 0 Å². The second kappa shape index (κ2) is 10.7. The van der Waals surface area contributed by atoms with Crippen LogP contribution in [0.25, 0.3) is 81.3 Å². The van der Waals surface area contributed by atoms with E-state index in [9.17, 15) is 0 Å². The van der Waals surface area contributed by atoms with Crippen LogP contribution in [0.2, 0.25) is 0 Å². The van der Waals surface area contributed by atoms with Gasteiger partial charge in [-0.05, 0) is 66.7 Å². The molecule has 0 amide bonds. The summed E-state index contributed by atoms with van der Waals surface area (Å²) in [5.74, 6) is 0. The van der Waals surface area contributed by atoms with E-state index >= 15 is 0 Å². The number of thiophene rings is 3. The molecule has 0 saturated carbocycles. The third-order valence-electron chi connectivity index (χ3n) is 9.49. The standard InChI is InChI=1S/C43H24N2S4/c1-2-8-25(9-3-1)43-44-34-19-21-38-41(42(34)49-43)32-18-15-28(24-40(32)48-38)45(26-16-20-37-33(22-26)30-11-5-7-13-36(30)46-37)27-14-17-31-29-10-4-6-12-35(29)47-39(31)23-27/h1-24H. The van der Waals surface area contributed by atoms with Gasteiger partial charge in [-0.15, -0.1) is 45.3 Å². The van der Waals surface area contributed by atoms with Gasteiger partial charge in [0.25, 0.3) is 0 Å². The van der Waals surface area contributed by atoms with Gasteiger partial charge in [0, 0.05) is 83.1 Å². The van der Waals surface area contributed by atoms with Crippen LogP contribution in [-0.2, 0) is 0 Å². The van der Waals surface area contributed by atoms with Crippen molar-refractivity contribution in [3.8, 4) is 10.6 Å². The molecule has 0 fully saturated rings. The van der Waals surface area contributed by atoms with Crippen molar-refractivity contribution >= 4 is 133 Å². The molecule has 0 bridgehead atoms. The lowest BCUT2D eigenvalue weighted by Gasteiger charge is -2.26. The average Bonchev–Trinajstić information content (AvgIpc) is 3.92. The molecule has 6 heteroatoms. The fourth-order valence-corrected chi connectivity index (χ4v) is 11.8. The summed E-state index contributed by atoms with van der Waals surface area (Å²) in [5, 5.41) is 8.92. The minimum absolute atomic E-state index is 1.06. The quantitative estimate of drug-likeness (QED) is 0.182. The van der Waals surface area contributed by atoms with Crippen LogP contribution in [0.5, 0.6) is 0 Å². The SMILES string of the molecule is c1ccc(-c2nc3ccc4sc5cc(N(c6ccc7c(c6)sc6ccccc67)c6ccc7sc8ccccc8c7c6)ccc5c4c3s2)cc1. The molecule has 230 valence electrons. The third-order valence-corrected chi connectivity index (χ3v) is 14.0. The number of hydrogen-bond acceptors (Lipinski definition) is 6. The third kappa shape index (κ3) is 4.32. The zero-order chi connectivity index (χ0) is 32.1. The Hall–Kier alpha value is -5.11. The van der Waals surface area contributed by atoms with Crippen molar-refractivity contribution in [1.82, 2.24) is 4.98 Å². The normalized spacial score (nSPS) is 12.1. The summed E-state index contributed by atoms with van der Waals surface area (Å²) >= 11 is 7.40. The van der Waals surface area contributed by atoms with Gasteiger partial charge in [0.2, 0.25) is 0 Å². The van der Waals surface area contributed by atoms with Crippen molar-refractivity contribution in [2.24, 2.45) is 0 Å². The molecule has 0 saturated heterocycles. The Morgan fingerprint density at radius 3 is 1.73 bits per heavy atom. The van der Waals surface area contributed by atoms with Gasteiger partial charge in [-0.3, -0.25) is 0 Å². The Morgan fingerprint density at radius 2 is 0.939 bits per heavy atom. The first-order chi connectivity index (χ1) is 24.2. The van der Waals surface area contributed by atoms with E-state index in [2.05, 4.69) is 150 Å².